The number of pyridine rings is 1. The van der Waals surface area contributed by atoms with E-state index in [-0.39, 0.29) is 6.04 Å². The fourth-order valence-electron chi connectivity index (χ4n) is 2.36. The van der Waals surface area contributed by atoms with Crippen molar-refractivity contribution >= 4 is 0 Å². The van der Waals surface area contributed by atoms with E-state index < -0.39 is 0 Å². The molecule has 0 aliphatic carbocycles. The van der Waals surface area contributed by atoms with E-state index in [4.69, 9.17) is 4.74 Å². The van der Waals surface area contributed by atoms with Crippen molar-refractivity contribution in [3.05, 3.63) is 59.4 Å². The molecule has 0 unspecified atom stereocenters. The zero-order chi connectivity index (χ0) is 13.1. The molecule has 3 heteroatoms. The van der Waals surface area contributed by atoms with Crippen LogP contribution >= 0.6 is 0 Å². The third-order valence-corrected chi connectivity index (χ3v) is 3.50. The van der Waals surface area contributed by atoms with Crippen molar-refractivity contribution in [1.82, 2.24) is 10.3 Å². The van der Waals surface area contributed by atoms with Crippen molar-refractivity contribution < 1.29 is 4.74 Å². The van der Waals surface area contributed by atoms with E-state index in [9.17, 15) is 0 Å². The van der Waals surface area contributed by atoms with Gasteiger partial charge in [-0.3, -0.25) is 4.98 Å². The zero-order valence-corrected chi connectivity index (χ0v) is 11.1. The van der Waals surface area contributed by atoms with Crippen molar-refractivity contribution in [2.75, 3.05) is 6.61 Å². The van der Waals surface area contributed by atoms with Crippen LogP contribution in [0.15, 0.2) is 42.6 Å². The largest absolute Gasteiger partial charge is 0.493 e. The summed E-state index contributed by atoms with van der Waals surface area (Å²) in [6, 6.07) is 12.7. The first-order chi connectivity index (χ1) is 9.33. The smallest absolute Gasteiger partial charge is 0.122 e. The molecule has 98 valence electrons. The SMILES string of the molecule is C[C@@H](NCc1ccc2c(c1)CCO2)c1ccccn1. The molecule has 0 saturated heterocycles. The van der Waals surface area contributed by atoms with Gasteiger partial charge >= 0.3 is 0 Å². The average Bonchev–Trinajstić information content (AvgIpc) is 2.93. The lowest BCUT2D eigenvalue weighted by Gasteiger charge is -2.13. The lowest BCUT2D eigenvalue weighted by atomic mass is 10.1. The molecule has 0 bridgehead atoms. The molecule has 0 radical (unpaired) electrons. The van der Waals surface area contributed by atoms with E-state index in [0.29, 0.717) is 0 Å². The number of ether oxygens (including phenoxy) is 1. The van der Waals surface area contributed by atoms with Gasteiger partial charge in [0.25, 0.3) is 0 Å². The number of benzene rings is 1. The molecule has 0 saturated carbocycles. The summed E-state index contributed by atoms with van der Waals surface area (Å²) in [4.78, 5) is 4.37. The Balaban J connectivity index is 1.63. The Morgan fingerprint density at radius 2 is 2.26 bits per heavy atom. The summed E-state index contributed by atoms with van der Waals surface area (Å²) < 4.78 is 5.52. The van der Waals surface area contributed by atoms with Gasteiger partial charge in [0.05, 0.1) is 12.3 Å². The van der Waals surface area contributed by atoms with Crippen LogP contribution < -0.4 is 10.1 Å². The molecule has 0 fully saturated rings. The van der Waals surface area contributed by atoms with Gasteiger partial charge in [0, 0.05) is 25.2 Å². The van der Waals surface area contributed by atoms with Crippen molar-refractivity contribution in [2.24, 2.45) is 0 Å². The summed E-state index contributed by atoms with van der Waals surface area (Å²) >= 11 is 0. The first kappa shape index (κ1) is 12.2. The summed E-state index contributed by atoms with van der Waals surface area (Å²) in [6.45, 7) is 3.81. The quantitative estimate of drug-likeness (QED) is 0.911. The van der Waals surface area contributed by atoms with Crippen molar-refractivity contribution in [2.45, 2.75) is 25.9 Å². The van der Waals surface area contributed by atoms with Crippen LogP contribution in [-0.2, 0) is 13.0 Å². The average molecular weight is 254 g/mol. The van der Waals surface area contributed by atoms with Crippen molar-refractivity contribution in [1.29, 1.82) is 0 Å². The lowest BCUT2D eigenvalue weighted by Crippen LogP contribution is -2.18. The minimum Gasteiger partial charge on any atom is -0.493 e. The molecule has 1 aliphatic heterocycles. The van der Waals surface area contributed by atoms with Crippen LogP contribution in [-0.4, -0.2) is 11.6 Å². The summed E-state index contributed by atoms with van der Waals surface area (Å²) in [5.74, 6) is 1.04. The number of rotatable bonds is 4. The molecule has 2 heterocycles. The van der Waals surface area contributed by atoms with E-state index in [1.165, 1.54) is 11.1 Å². The van der Waals surface area contributed by atoms with E-state index >= 15 is 0 Å². The molecule has 0 amide bonds. The Hall–Kier alpha value is -1.87. The lowest BCUT2D eigenvalue weighted by molar-refractivity contribution is 0.357. The summed E-state index contributed by atoms with van der Waals surface area (Å²) in [5.41, 5.74) is 3.70. The molecule has 0 spiro atoms. The normalized spacial score (nSPS) is 14.8. The van der Waals surface area contributed by atoms with Crippen LogP contribution in [0.3, 0.4) is 0 Å². The Morgan fingerprint density at radius 3 is 3.11 bits per heavy atom. The molecule has 1 atom stereocenters. The van der Waals surface area contributed by atoms with Gasteiger partial charge in [0.1, 0.15) is 5.75 Å². The molecule has 1 aliphatic rings. The summed E-state index contributed by atoms with van der Waals surface area (Å²) in [5, 5.41) is 3.50. The fourth-order valence-corrected chi connectivity index (χ4v) is 2.36. The van der Waals surface area contributed by atoms with Gasteiger partial charge in [-0.2, -0.15) is 0 Å². The van der Waals surface area contributed by atoms with Gasteiger partial charge in [0.15, 0.2) is 0 Å². The predicted molar refractivity (Wildman–Crippen MR) is 75.1 cm³/mol. The van der Waals surface area contributed by atoms with Crippen LogP contribution in [0.25, 0.3) is 0 Å². The number of nitrogens with one attached hydrogen (secondary N) is 1. The first-order valence-corrected chi connectivity index (χ1v) is 6.72. The van der Waals surface area contributed by atoms with E-state index in [0.717, 1.165) is 31.0 Å². The van der Waals surface area contributed by atoms with Gasteiger partial charge in [-0.05, 0) is 36.2 Å². The molecular formula is C16H18N2O. The van der Waals surface area contributed by atoms with Gasteiger partial charge in [-0.15, -0.1) is 0 Å². The Morgan fingerprint density at radius 1 is 1.32 bits per heavy atom. The van der Waals surface area contributed by atoms with E-state index in [1.807, 2.05) is 24.4 Å². The molecule has 3 nitrogen and oxygen atoms in total. The highest BCUT2D eigenvalue weighted by molar-refractivity contribution is 5.39. The second-order valence-corrected chi connectivity index (χ2v) is 4.90. The standard InChI is InChI=1S/C16H18N2O/c1-12(15-4-2-3-8-17-15)18-11-13-5-6-16-14(10-13)7-9-19-16/h2-6,8,10,12,18H,7,9,11H2,1H3/t12-/m1/s1. The predicted octanol–water partition coefficient (Wildman–Crippen LogP) is 2.87. The van der Waals surface area contributed by atoms with Crippen LogP contribution in [0, 0.1) is 0 Å². The molecule has 19 heavy (non-hydrogen) atoms. The van der Waals surface area contributed by atoms with Crippen molar-refractivity contribution in [3.8, 4) is 5.75 Å². The summed E-state index contributed by atoms with van der Waals surface area (Å²) in [7, 11) is 0. The third kappa shape index (κ3) is 2.76. The molecular weight excluding hydrogens is 236 g/mol. The molecule has 1 N–H and O–H groups in total. The van der Waals surface area contributed by atoms with Crippen LogP contribution in [0.5, 0.6) is 5.75 Å². The van der Waals surface area contributed by atoms with Crippen LogP contribution in [0.2, 0.25) is 0 Å². The van der Waals surface area contributed by atoms with E-state index in [2.05, 4.69) is 35.4 Å². The minimum absolute atomic E-state index is 0.255. The van der Waals surface area contributed by atoms with Gasteiger partial charge < -0.3 is 10.1 Å². The molecule has 2 aromatic rings. The highest BCUT2D eigenvalue weighted by Gasteiger charge is 2.12. The topological polar surface area (TPSA) is 34.1 Å². The van der Waals surface area contributed by atoms with Crippen LogP contribution in [0.4, 0.5) is 0 Å². The Kier molecular flexibility index (Phi) is 3.47. The van der Waals surface area contributed by atoms with Gasteiger partial charge in [-0.1, -0.05) is 18.2 Å². The van der Waals surface area contributed by atoms with Gasteiger partial charge in [-0.25, -0.2) is 0 Å². The maximum Gasteiger partial charge on any atom is 0.122 e. The zero-order valence-electron chi connectivity index (χ0n) is 11.1. The van der Waals surface area contributed by atoms with Gasteiger partial charge in [0.2, 0.25) is 0 Å². The third-order valence-electron chi connectivity index (χ3n) is 3.50. The number of aromatic nitrogens is 1. The fraction of sp³-hybridized carbons (Fsp3) is 0.312. The number of hydrogen-bond acceptors (Lipinski definition) is 3. The highest BCUT2D eigenvalue weighted by Crippen LogP contribution is 2.26. The monoisotopic (exact) mass is 254 g/mol. The highest BCUT2D eigenvalue weighted by atomic mass is 16.5. The Labute approximate surface area is 113 Å². The molecule has 1 aromatic carbocycles. The second-order valence-electron chi connectivity index (χ2n) is 4.90. The summed E-state index contributed by atoms with van der Waals surface area (Å²) in [6.07, 6.45) is 2.86. The molecule has 3 rings (SSSR count). The maximum atomic E-state index is 5.52. The first-order valence-electron chi connectivity index (χ1n) is 6.72. The molecule has 1 aromatic heterocycles. The maximum absolute atomic E-state index is 5.52. The number of nitrogens with zero attached hydrogens (tertiary/aromatic N) is 1. The van der Waals surface area contributed by atoms with Crippen molar-refractivity contribution in [3.63, 3.8) is 0 Å². The van der Waals surface area contributed by atoms with Crippen LogP contribution in [0.1, 0.15) is 29.8 Å². The minimum atomic E-state index is 0.255. The number of fused-ring (bicyclic) bond motifs is 1. The number of hydrogen-bond donors (Lipinski definition) is 1. The van der Waals surface area contributed by atoms with E-state index in [1.54, 1.807) is 0 Å². The second kappa shape index (κ2) is 5.41. The Bertz CT molecular complexity index is 554.